The molecular weight excluding hydrogens is 430 g/mol. The lowest BCUT2D eigenvalue weighted by Crippen LogP contribution is -2.35. The second-order valence-corrected chi connectivity index (χ2v) is 7.92. The number of hydrogen-bond donors (Lipinski definition) is 2. The van der Waals surface area contributed by atoms with Crippen molar-refractivity contribution in [2.24, 2.45) is 7.05 Å². The van der Waals surface area contributed by atoms with Crippen molar-refractivity contribution in [1.29, 1.82) is 0 Å². The Morgan fingerprint density at radius 1 is 1.03 bits per heavy atom. The van der Waals surface area contributed by atoms with E-state index in [0.29, 0.717) is 22.1 Å². The summed E-state index contributed by atoms with van der Waals surface area (Å²) in [5.74, 6) is -0.343. The summed E-state index contributed by atoms with van der Waals surface area (Å²) < 4.78 is 6.83. The van der Waals surface area contributed by atoms with Crippen molar-refractivity contribution in [3.63, 3.8) is 0 Å². The number of hydrogen-bond acceptors (Lipinski definition) is 5. The highest BCUT2D eigenvalue weighted by molar-refractivity contribution is 6.34. The average molecular weight is 454 g/mol. The average Bonchev–Trinajstić information content (AvgIpc) is 3.15. The number of morpholine rings is 1. The minimum Gasteiger partial charge on any atom is -0.379 e. The number of rotatable bonds is 6. The number of ether oxygens (including phenoxy) is 1. The largest absolute Gasteiger partial charge is 0.379 e. The molecule has 0 saturated carbocycles. The molecule has 1 aliphatic rings. The van der Waals surface area contributed by atoms with Gasteiger partial charge in [0.1, 0.15) is 5.82 Å². The number of benzene rings is 2. The Morgan fingerprint density at radius 3 is 2.59 bits per heavy atom. The van der Waals surface area contributed by atoms with Gasteiger partial charge in [-0.05, 0) is 29.8 Å². The van der Waals surface area contributed by atoms with Gasteiger partial charge in [0.05, 0.1) is 23.8 Å². The molecule has 4 rings (SSSR count). The van der Waals surface area contributed by atoms with E-state index in [0.717, 1.165) is 38.4 Å². The number of nitrogens with one attached hydrogen (secondary N) is 2. The van der Waals surface area contributed by atoms with Crippen LogP contribution in [0.2, 0.25) is 5.02 Å². The third-order valence-electron chi connectivity index (χ3n) is 5.17. The molecule has 1 saturated heterocycles. The van der Waals surface area contributed by atoms with Crippen LogP contribution >= 0.6 is 11.6 Å². The summed E-state index contributed by atoms with van der Waals surface area (Å²) in [5.41, 5.74) is 2.34. The highest BCUT2D eigenvalue weighted by Gasteiger charge is 2.17. The summed E-state index contributed by atoms with van der Waals surface area (Å²) in [7, 11) is 1.65. The molecule has 166 valence electrons. The number of carbonyl (C=O) groups excluding carboxylic acids is 2. The zero-order chi connectivity index (χ0) is 22.5. The molecular formula is C23H24ClN5O3. The van der Waals surface area contributed by atoms with E-state index < -0.39 is 0 Å². The summed E-state index contributed by atoms with van der Waals surface area (Å²) >= 11 is 6.09. The standard InChI is InChI=1S/C23H24ClN5O3/c1-28-21(26-22(30)18-7-2-3-8-19(18)24)14-20(27-28)23(31)25-17-6-4-5-16(13-17)15-29-9-11-32-12-10-29/h2-8,13-14H,9-12,15H2,1H3,(H,25,31)(H,26,30). The van der Waals surface area contributed by atoms with Crippen LogP contribution in [0.1, 0.15) is 26.4 Å². The van der Waals surface area contributed by atoms with E-state index in [1.54, 1.807) is 31.3 Å². The van der Waals surface area contributed by atoms with Gasteiger partial charge in [-0.15, -0.1) is 0 Å². The third-order valence-corrected chi connectivity index (χ3v) is 5.50. The Labute approximate surface area is 191 Å². The van der Waals surface area contributed by atoms with Crippen LogP contribution in [0.15, 0.2) is 54.6 Å². The molecule has 3 aromatic rings. The fourth-order valence-corrected chi connectivity index (χ4v) is 3.71. The number of halogens is 1. The molecule has 0 spiro atoms. The van der Waals surface area contributed by atoms with Gasteiger partial charge < -0.3 is 15.4 Å². The number of amides is 2. The van der Waals surface area contributed by atoms with E-state index in [1.165, 1.54) is 10.7 Å². The van der Waals surface area contributed by atoms with E-state index in [1.807, 2.05) is 24.3 Å². The van der Waals surface area contributed by atoms with Crippen molar-refractivity contribution in [3.05, 3.63) is 76.4 Å². The Morgan fingerprint density at radius 2 is 1.81 bits per heavy atom. The van der Waals surface area contributed by atoms with E-state index in [4.69, 9.17) is 16.3 Å². The lowest BCUT2D eigenvalue weighted by molar-refractivity contribution is 0.0342. The minimum atomic E-state index is -0.374. The first-order chi connectivity index (χ1) is 15.5. The fraction of sp³-hybridized carbons (Fsp3) is 0.261. The van der Waals surface area contributed by atoms with Gasteiger partial charge in [-0.2, -0.15) is 5.10 Å². The number of nitrogens with zero attached hydrogens (tertiary/aromatic N) is 3. The van der Waals surface area contributed by atoms with Gasteiger partial charge in [0.2, 0.25) is 0 Å². The van der Waals surface area contributed by atoms with Crippen LogP contribution < -0.4 is 10.6 Å². The number of carbonyl (C=O) groups is 2. The molecule has 9 heteroatoms. The van der Waals surface area contributed by atoms with Gasteiger partial charge in [0.15, 0.2) is 5.69 Å². The summed E-state index contributed by atoms with van der Waals surface area (Å²) in [5, 5.41) is 10.2. The van der Waals surface area contributed by atoms with Crippen LogP contribution in [-0.4, -0.2) is 52.8 Å². The molecule has 32 heavy (non-hydrogen) atoms. The fourth-order valence-electron chi connectivity index (χ4n) is 3.48. The zero-order valence-electron chi connectivity index (χ0n) is 17.7. The van der Waals surface area contributed by atoms with Crippen LogP contribution in [0.4, 0.5) is 11.5 Å². The molecule has 2 N–H and O–H groups in total. The van der Waals surface area contributed by atoms with Crippen molar-refractivity contribution in [1.82, 2.24) is 14.7 Å². The van der Waals surface area contributed by atoms with Crippen LogP contribution in [0.3, 0.4) is 0 Å². The maximum atomic E-state index is 12.7. The van der Waals surface area contributed by atoms with Gasteiger partial charge >= 0.3 is 0 Å². The first-order valence-corrected chi connectivity index (χ1v) is 10.7. The quantitative estimate of drug-likeness (QED) is 0.597. The topological polar surface area (TPSA) is 88.5 Å². The second-order valence-electron chi connectivity index (χ2n) is 7.52. The third kappa shape index (κ3) is 5.34. The first kappa shape index (κ1) is 22.0. The van der Waals surface area contributed by atoms with Crippen LogP contribution in [-0.2, 0) is 18.3 Å². The minimum absolute atomic E-state index is 0.195. The number of aromatic nitrogens is 2. The molecule has 1 aromatic heterocycles. The summed E-state index contributed by atoms with van der Waals surface area (Å²) in [4.78, 5) is 27.6. The smallest absolute Gasteiger partial charge is 0.276 e. The maximum Gasteiger partial charge on any atom is 0.276 e. The molecule has 8 nitrogen and oxygen atoms in total. The highest BCUT2D eigenvalue weighted by Crippen LogP contribution is 2.19. The maximum absolute atomic E-state index is 12.7. The summed E-state index contributed by atoms with van der Waals surface area (Å²) in [6.45, 7) is 4.08. The summed E-state index contributed by atoms with van der Waals surface area (Å²) in [6.07, 6.45) is 0. The predicted octanol–water partition coefficient (Wildman–Crippen LogP) is 3.41. The second kappa shape index (κ2) is 9.95. The monoisotopic (exact) mass is 453 g/mol. The van der Waals surface area contributed by atoms with Gasteiger partial charge in [0.25, 0.3) is 11.8 Å². The highest BCUT2D eigenvalue weighted by atomic mass is 35.5. The predicted molar refractivity (Wildman–Crippen MR) is 123 cm³/mol. The SMILES string of the molecule is Cn1nc(C(=O)Nc2cccc(CN3CCOCC3)c2)cc1NC(=O)c1ccccc1Cl. The van der Waals surface area contributed by atoms with E-state index in [9.17, 15) is 9.59 Å². The molecule has 0 atom stereocenters. The molecule has 2 aromatic carbocycles. The Bertz CT molecular complexity index is 1120. The molecule has 1 aliphatic heterocycles. The Balaban J connectivity index is 1.41. The molecule has 2 heterocycles. The van der Waals surface area contributed by atoms with E-state index in [2.05, 4.69) is 20.6 Å². The zero-order valence-corrected chi connectivity index (χ0v) is 18.4. The van der Waals surface area contributed by atoms with Gasteiger partial charge in [-0.1, -0.05) is 35.9 Å². The van der Waals surface area contributed by atoms with Gasteiger partial charge in [-0.25, -0.2) is 0 Å². The molecule has 0 unspecified atom stereocenters. The van der Waals surface area contributed by atoms with Crippen molar-refractivity contribution in [2.45, 2.75) is 6.54 Å². The van der Waals surface area contributed by atoms with Crippen LogP contribution in [0.25, 0.3) is 0 Å². The molecule has 0 aliphatic carbocycles. The van der Waals surface area contributed by atoms with Crippen molar-refractivity contribution < 1.29 is 14.3 Å². The molecule has 2 amide bonds. The first-order valence-electron chi connectivity index (χ1n) is 10.3. The van der Waals surface area contributed by atoms with Crippen LogP contribution in [0.5, 0.6) is 0 Å². The van der Waals surface area contributed by atoms with Gasteiger partial charge in [0, 0.05) is 38.4 Å². The lowest BCUT2D eigenvalue weighted by atomic mass is 10.1. The van der Waals surface area contributed by atoms with Gasteiger partial charge in [-0.3, -0.25) is 19.2 Å². The molecule has 0 radical (unpaired) electrons. The Hall–Kier alpha value is -3.20. The summed E-state index contributed by atoms with van der Waals surface area (Å²) in [6, 6.07) is 16.0. The van der Waals surface area contributed by atoms with E-state index in [-0.39, 0.29) is 17.5 Å². The molecule has 1 fully saturated rings. The van der Waals surface area contributed by atoms with Crippen LogP contribution in [0, 0.1) is 0 Å². The normalized spacial score (nSPS) is 14.2. The number of anilines is 2. The molecule has 0 bridgehead atoms. The van der Waals surface area contributed by atoms with E-state index >= 15 is 0 Å². The Kier molecular flexibility index (Phi) is 6.84. The van der Waals surface area contributed by atoms with Crippen molar-refractivity contribution in [2.75, 3.05) is 36.9 Å². The number of aryl methyl sites for hydroxylation is 1. The van der Waals surface area contributed by atoms with Crippen molar-refractivity contribution >= 4 is 34.9 Å². The lowest BCUT2D eigenvalue weighted by Gasteiger charge is -2.26. The van der Waals surface area contributed by atoms with Crippen molar-refractivity contribution in [3.8, 4) is 0 Å².